The van der Waals surface area contributed by atoms with Crippen molar-refractivity contribution in [2.75, 3.05) is 6.61 Å². The number of esters is 2. The normalized spacial score (nSPS) is 13.3. The fourth-order valence-electron chi connectivity index (χ4n) is 1.41. The predicted molar refractivity (Wildman–Crippen MR) is 64.4 cm³/mol. The van der Waals surface area contributed by atoms with Crippen LogP contribution in [-0.2, 0) is 9.53 Å². The van der Waals surface area contributed by atoms with E-state index in [-0.39, 0.29) is 0 Å². The molecule has 0 bridgehead atoms. The van der Waals surface area contributed by atoms with E-state index in [4.69, 9.17) is 0 Å². The molecule has 0 fully saturated rings. The predicted octanol–water partition coefficient (Wildman–Crippen LogP) is 4.14. The van der Waals surface area contributed by atoms with Crippen molar-refractivity contribution in [3.8, 4) is 5.75 Å². The molecule has 0 spiro atoms. The first kappa shape index (κ1) is 22.5. The Bertz CT molecular complexity index is 708. The summed E-state index contributed by atoms with van der Waals surface area (Å²) >= 11 is 0. The summed E-state index contributed by atoms with van der Waals surface area (Å²) in [6, 6.07) is 3.08. The van der Waals surface area contributed by atoms with Crippen molar-refractivity contribution in [2.45, 2.75) is 24.2 Å². The summed E-state index contributed by atoms with van der Waals surface area (Å²) in [5.74, 6) is -18.4. The molecule has 0 saturated heterocycles. The largest absolute Gasteiger partial charge is 0.491 e. The summed E-state index contributed by atoms with van der Waals surface area (Å²) in [6.07, 6.45) is -12.2. The van der Waals surface area contributed by atoms with Crippen LogP contribution in [0.4, 0.5) is 43.9 Å². The molecule has 0 N–H and O–H groups in total. The molecule has 0 unspecified atom stereocenters. The summed E-state index contributed by atoms with van der Waals surface area (Å²) in [4.78, 5) is 22.3. The van der Waals surface area contributed by atoms with Crippen molar-refractivity contribution in [2.24, 2.45) is 0 Å². The van der Waals surface area contributed by atoms with Crippen LogP contribution in [0.3, 0.4) is 0 Å². The summed E-state index contributed by atoms with van der Waals surface area (Å²) in [5.41, 5.74) is -1.10. The number of hydrogen-bond acceptors (Lipinski definition) is 4. The van der Waals surface area contributed by atoms with Crippen molar-refractivity contribution in [3.05, 3.63) is 29.8 Å². The second kappa shape index (κ2) is 7.23. The van der Waals surface area contributed by atoms with Gasteiger partial charge < -0.3 is 9.47 Å². The van der Waals surface area contributed by atoms with Gasteiger partial charge >= 0.3 is 36.1 Å². The van der Waals surface area contributed by atoms with Crippen LogP contribution in [-0.4, -0.2) is 42.7 Å². The third-order valence-electron chi connectivity index (χ3n) is 2.74. The molecular weight excluding hydrogens is 410 g/mol. The first-order valence-electron chi connectivity index (χ1n) is 6.38. The highest BCUT2D eigenvalue weighted by Gasteiger charge is 2.73. The quantitative estimate of drug-likeness (QED) is 0.411. The van der Waals surface area contributed by atoms with Crippen LogP contribution in [0.1, 0.15) is 10.4 Å². The zero-order valence-corrected chi connectivity index (χ0v) is 12.4. The lowest BCUT2D eigenvalue weighted by molar-refractivity contribution is -0.359. The molecule has 0 amide bonds. The molecule has 0 radical (unpaired) electrons. The van der Waals surface area contributed by atoms with Crippen LogP contribution in [0.15, 0.2) is 24.3 Å². The summed E-state index contributed by atoms with van der Waals surface area (Å²) in [6.45, 7) is -2.75. The molecule has 152 valence electrons. The standard InChI is InChI=1S/C13H6F10O4/c14-10(15,12(19,20)13(21,22)23)5-26-8(24)6-3-1-2-4-7(6)27-9(25)11(16,17)18/h1-4H,5H2. The number of alkyl halides is 10. The minimum Gasteiger partial charge on any atom is -0.455 e. The third-order valence-corrected chi connectivity index (χ3v) is 2.74. The zero-order valence-electron chi connectivity index (χ0n) is 12.4. The van der Waals surface area contributed by atoms with Crippen LogP contribution in [0.2, 0.25) is 0 Å². The van der Waals surface area contributed by atoms with E-state index in [0.29, 0.717) is 12.1 Å². The number of hydrogen-bond donors (Lipinski definition) is 0. The monoisotopic (exact) mass is 416 g/mol. The topological polar surface area (TPSA) is 52.6 Å². The Labute approximate surface area is 142 Å². The number of para-hydroxylation sites is 1. The van der Waals surface area contributed by atoms with Crippen LogP contribution in [0, 0.1) is 0 Å². The molecule has 1 rings (SSSR count). The SMILES string of the molecule is O=C(OCC(F)(F)C(F)(F)C(F)(F)F)c1ccccc1OC(=O)C(F)(F)F. The van der Waals surface area contributed by atoms with Gasteiger partial charge in [0.1, 0.15) is 11.3 Å². The van der Waals surface area contributed by atoms with Crippen molar-refractivity contribution in [1.82, 2.24) is 0 Å². The second-order valence-corrected chi connectivity index (χ2v) is 4.74. The average Bonchev–Trinajstić information content (AvgIpc) is 2.51. The van der Waals surface area contributed by atoms with Crippen molar-refractivity contribution in [1.29, 1.82) is 0 Å². The molecule has 0 aliphatic rings. The van der Waals surface area contributed by atoms with Gasteiger partial charge in [-0.15, -0.1) is 0 Å². The maximum Gasteiger partial charge on any atom is 0.491 e. The smallest absolute Gasteiger partial charge is 0.455 e. The molecule has 0 aromatic heterocycles. The molecule has 0 atom stereocenters. The Morgan fingerprint density at radius 1 is 0.852 bits per heavy atom. The van der Waals surface area contributed by atoms with E-state index in [9.17, 15) is 53.5 Å². The number of benzene rings is 1. The summed E-state index contributed by atoms with van der Waals surface area (Å²) in [5, 5.41) is 0. The van der Waals surface area contributed by atoms with Gasteiger partial charge in [0.05, 0.1) is 0 Å². The second-order valence-electron chi connectivity index (χ2n) is 4.74. The molecule has 0 saturated carbocycles. The Balaban J connectivity index is 2.98. The zero-order chi connectivity index (χ0) is 21.3. The minimum atomic E-state index is -6.66. The third kappa shape index (κ3) is 5.01. The van der Waals surface area contributed by atoms with Gasteiger partial charge in [0.2, 0.25) is 0 Å². The lowest BCUT2D eigenvalue weighted by atomic mass is 10.1. The lowest BCUT2D eigenvalue weighted by Crippen LogP contribution is -2.54. The Morgan fingerprint density at radius 2 is 1.37 bits per heavy atom. The molecule has 14 heteroatoms. The summed E-state index contributed by atoms with van der Waals surface area (Å²) < 4.78 is 131. The molecular formula is C13H6F10O4. The number of carbonyl (C=O) groups is 2. The van der Waals surface area contributed by atoms with Gasteiger partial charge in [0.15, 0.2) is 6.61 Å². The first-order valence-corrected chi connectivity index (χ1v) is 6.38. The van der Waals surface area contributed by atoms with E-state index in [0.717, 1.165) is 12.1 Å². The average molecular weight is 416 g/mol. The fourth-order valence-corrected chi connectivity index (χ4v) is 1.41. The van der Waals surface area contributed by atoms with E-state index in [1.807, 2.05) is 0 Å². The minimum absolute atomic E-state index is 0.599. The molecule has 4 nitrogen and oxygen atoms in total. The van der Waals surface area contributed by atoms with E-state index in [1.54, 1.807) is 0 Å². The Kier molecular flexibility index (Phi) is 6.02. The van der Waals surface area contributed by atoms with Crippen molar-refractivity contribution < 1.29 is 63.0 Å². The number of halogens is 10. The molecule has 27 heavy (non-hydrogen) atoms. The number of rotatable bonds is 5. The molecule has 1 aromatic carbocycles. The van der Waals surface area contributed by atoms with Crippen LogP contribution in [0.5, 0.6) is 5.75 Å². The van der Waals surface area contributed by atoms with E-state index < -0.39 is 54.1 Å². The number of ether oxygens (including phenoxy) is 2. The van der Waals surface area contributed by atoms with Gasteiger partial charge in [-0.3, -0.25) is 0 Å². The van der Waals surface area contributed by atoms with E-state index in [1.165, 1.54) is 0 Å². The first-order chi connectivity index (χ1) is 12.0. The van der Waals surface area contributed by atoms with Gasteiger partial charge in [0.25, 0.3) is 0 Å². The van der Waals surface area contributed by atoms with Gasteiger partial charge in [-0.05, 0) is 12.1 Å². The summed E-state index contributed by atoms with van der Waals surface area (Å²) in [7, 11) is 0. The van der Waals surface area contributed by atoms with Crippen molar-refractivity contribution >= 4 is 11.9 Å². The molecule has 0 aliphatic heterocycles. The van der Waals surface area contributed by atoms with Gasteiger partial charge in [-0.25, -0.2) is 9.59 Å². The van der Waals surface area contributed by atoms with Crippen LogP contribution < -0.4 is 4.74 Å². The number of carbonyl (C=O) groups excluding carboxylic acids is 2. The van der Waals surface area contributed by atoms with Gasteiger partial charge in [-0.1, -0.05) is 12.1 Å². The Hall–Kier alpha value is -2.54. The van der Waals surface area contributed by atoms with Gasteiger partial charge in [0, 0.05) is 0 Å². The van der Waals surface area contributed by atoms with Crippen molar-refractivity contribution in [3.63, 3.8) is 0 Å². The maximum atomic E-state index is 13.1. The Morgan fingerprint density at radius 3 is 1.85 bits per heavy atom. The molecule has 0 aliphatic carbocycles. The van der Waals surface area contributed by atoms with Crippen LogP contribution in [0.25, 0.3) is 0 Å². The highest BCUT2D eigenvalue weighted by Crippen LogP contribution is 2.46. The highest BCUT2D eigenvalue weighted by molar-refractivity contribution is 5.93. The van der Waals surface area contributed by atoms with E-state index in [2.05, 4.69) is 9.47 Å². The lowest BCUT2D eigenvalue weighted by Gasteiger charge is -2.27. The highest BCUT2D eigenvalue weighted by atomic mass is 19.4. The maximum absolute atomic E-state index is 13.1. The fraction of sp³-hybridized carbons (Fsp3) is 0.385. The van der Waals surface area contributed by atoms with E-state index >= 15 is 0 Å². The van der Waals surface area contributed by atoms with Gasteiger partial charge in [-0.2, -0.15) is 43.9 Å². The molecule has 0 heterocycles. The molecule has 1 aromatic rings. The van der Waals surface area contributed by atoms with Crippen LogP contribution >= 0.6 is 0 Å².